The van der Waals surface area contributed by atoms with Gasteiger partial charge in [-0.3, -0.25) is 9.89 Å². The maximum absolute atomic E-state index is 5.47. The van der Waals surface area contributed by atoms with E-state index in [0.717, 1.165) is 65.0 Å². The van der Waals surface area contributed by atoms with Gasteiger partial charge in [-0.05, 0) is 26.4 Å². The zero-order chi connectivity index (χ0) is 17.1. The number of hydrogen-bond donors (Lipinski definition) is 2. The van der Waals surface area contributed by atoms with Crippen LogP contribution in [0.15, 0.2) is 4.99 Å². The van der Waals surface area contributed by atoms with Crippen molar-refractivity contribution in [2.75, 3.05) is 66.1 Å². The topological polar surface area (TPSA) is 52.1 Å². The van der Waals surface area contributed by atoms with Crippen LogP contribution in [0.25, 0.3) is 0 Å². The summed E-state index contributed by atoms with van der Waals surface area (Å²) in [6.07, 6.45) is 0. The maximum Gasteiger partial charge on any atom is 0.191 e. The highest BCUT2D eigenvalue weighted by atomic mass is 16.5. The van der Waals surface area contributed by atoms with Crippen molar-refractivity contribution >= 4 is 5.96 Å². The minimum atomic E-state index is 0.479. The summed E-state index contributed by atoms with van der Waals surface area (Å²) in [5, 5.41) is 6.79. The summed E-state index contributed by atoms with van der Waals surface area (Å²) in [6, 6.07) is 0.479. The molecule has 6 nitrogen and oxygen atoms in total. The van der Waals surface area contributed by atoms with Gasteiger partial charge < -0.3 is 20.3 Å². The lowest BCUT2D eigenvalue weighted by molar-refractivity contribution is 0.00867. The summed E-state index contributed by atoms with van der Waals surface area (Å²) < 4.78 is 5.47. The number of nitrogens with one attached hydrogen (secondary N) is 2. The van der Waals surface area contributed by atoms with E-state index in [0.29, 0.717) is 12.0 Å². The monoisotopic (exact) mass is 327 g/mol. The summed E-state index contributed by atoms with van der Waals surface area (Å²) in [5.41, 5.74) is 0. The predicted molar refractivity (Wildman–Crippen MR) is 98.2 cm³/mol. The molecule has 0 radical (unpaired) electrons. The Bertz CT molecular complexity index is 329. The van der Waals surface area contributed by atoms with Crippen LogP contribution in [0.2, 0.25) is 0 Å². The van der Waals surface area contributed by atoms with Crippen molar-refractivity contribution in [1.29, 1.82) is 0 Å². The maximum atomic E-state index is 5.47. The molecule has 0 amide bonds. The molecule has 1 aliphatic heterocycles. The van der Waals surface area contributed by atoms with Gasteiger partial charge in [-0.15, -0.1) is 0 Å². The molecule has 6 heteroatoms. The molecule has 1 aliphatic rings. The SMILES string of the molecule is CCNC(=NCC(C(C)C)N1CCOCC1)NCCN(C)CC. The van der Waals surface area contributed by atoms with Gasteiger partial charge >= 0.3 is 0 Å². The highest BCUT2D eigenvalue weighted by molar-refractivity contribution is 5.79. The van der Waals surface area contributed by atoms with Gasteiger partial charge in [0, 0.05) is 38.8 Å². The Labute approximate surface area is 142 Å². The summed E-state index contributed by atoms with van der Waals surface area (Å²) in [5.74, 6) is 1.52. The number of morpholine rings is 1. The fraction of sp³-hybridized carbons (Fsp3) is 0.941. The first-order valence-corrected chi connectivity index (χ1v) is 9.11. The average molecular weight is 328 g/mol. The van der Waals surface area contributed by atoms with Crippen molar-refractivity contribution in [2.24, 2.45) is 10.9 Å². The summed E-state index contributed by atoms with van der Waals surface area (Å²) in [6.45, 7) is 17.3. The minimum absolute atomic E-state index is 0.479. The molecule has 0 aromatic heterocycles. The van der Waals surface area contributed by atoms with Gasteiger partial charge in [0.05, 0.1) is 19.8 Å². The second-order valence-electron chi connectivity index (χ2n) is 6.50. The molecule has 1 atom stereocenters. The Morgan fingerprint density at radius 2 is 1.91 bits per heavy atom. The summed E-state index contributed by atoms with van der Waals surface area (Å²) >= 11 is 0. The van der Waals surface area contributed by atoms with Crippen molar-refractivity contribution < 1.29 is 4.74 Å². The second kappa shape index (κ2) is 11.6. The third-order valence-corrected chi connectivity index (χ3v) is 4.39. The van der Waals surface area contributed by atoms with Gasteiger partial charge in [0.2, 0.25) is 0 Å². The van der Waals surface area contributed by atoms with Crippen molar-refractivity contribution in [3.05, 3.63) is 0 Å². The van der Waals surface area contributed by atoms with Crippen LogP contribution in [0.3, 0.4) is 0 Å². The van der Waals surface area contributed by atoms with E-state index in [1.807, 2.05) is 0 Å². The molecule has 23 heavy (non-hydrogen) atoms. The predicted octanol–water partition coefficient (Wildman–Crippen LogP) is 0.850. The third-order valence-electron chi connectivity index (χ3n) is 4.39. The summed E-state index contributed by atoms with van der Waals surface area (Å²) in [7, 11) is 2.14. The lowest BCUT2D eigenvalue weighted by Crippen LogP contribution is -2.48. The van der Waals surface area contributed by atoms with Crippen LogP contribution in [-0.2, 0) is 4.74 Å². The normalized spacial score (nSPS) is 18.5. The minimum Gasteiger partial charge on any atom is -0.379 e. The van der Waals surface area contributed by atoms with Crippen LogP contribution in [0.5, 0.6) is 0 Å². The first kappa shape index (κ1) is 20.2. The van der Waals surface area contributed by atoms with Crippen LogP contribution < -0.4 is 10.6 Å². The van der Waals surface area contributed by atoms with E-state index < -0.39 is 0 Å². The number of rotatable bonds is 9. The molecule has 1 fully saturated rings. The van der Waals surface area contributed by atoms with E-state index in [2.05, 4.69) is 55.2 Å². The first-order valence-electron chi connectivity index (χ1n) is 9.11. The van der Waals surface area contributed by atoms with E-state index in [1.54, 1.807) is 0 Å². The van der Waals surface area contributed by atoms with Crippen LogP contribution in [0, 0.1) is 5.92 Å². The van der Waals surface area contributed by atoms with E-state index in [1.165, 1.54) is 0 Å². The molecular weight excluding hydrogens is 290 g/mol. The van der Waals surface area contributed by atoms with Gasteiger partial charge in [0.15, 0.2) is 5.96 Å². The Morgan fingerprint density at radius 3 is 2.48 bits per heavy atom. The Balaban J connectivity index is 2.53. The van der Waals surface area contributed by atoms with Crippen molar-refractivity contribution in [3.63, 3.8) is 0 Å². The molecule has 0 aromatic rings. The number of aliphatic imine (C=N–C) groups is 1. The first-order chi connectivity index (χ1) is 11.1. The van der Waals surface area contributed by atoms with Gasteiger partial charge in [0.25, 0.3) is 0 Å². The molecule has 0 saturated carbocycles. The van der Waals surface area contributed by atoms with Crippen molar-refractivity contribution in [3.8, 4) is 0 Å². The number of guanidine groups is 1. The van der Waals surface area contributed by atoms with Gasteiger partial charge in [-0.2, -0.15) is 0 Å². The van der Waals surface area contributed by atoms with Crippen LogP contribution >= 0.6 is 0 Å². The second-order valence-corrected chi connectivity index (χ2v) is 6.50. The molecule has 0 aliphatic carbocycles. The number of hydrogen-bond acceptors (Lipinski definition) is 4. The van der Waals surface area contributed by atoms with Crippen molar-refractivity contribution in [2.45, 2.75) is 33.7 Å². The molecule has 1 saturated heterocycles. The molecule has 0 bridgehead atoms. The standard InChI is InChI=1S/C17H37N5O/c1-6-18-17(19-8-9-21(5)7-2)20-14-16(15(3)4)22-10-12-23-13-11-22/h15-16H,6-14H2,1-5H3,(H2,18,19,20). The van der Waals surface area contributed by atoms with Crippen molar-refractivity contribution in [1.82, 2.24) is 20.4 Å². The fourth-order valence-electron chi connectivity index (χ4n) is 2.71. The molecule has 1 rings (SSSR count). The number of likely N-dealkylation sites (N-methyl/N-ethyl adjacent to an activating group) is 1. The third kappa shape index (κ3) is 7.99. The van der Waals surface area contributed by atoms with Gasteiger partial charge in [0.1, 0.15) is 0 Å². The zero-order valence-electron chi connectivity index (χ0n) is 15.8. The lowest BCUT2D eigenvalue weighted by Gasteiger charge is -2.36. The number of nitrogens with zero attached hydrogens (tertiary/aromatic N) is 3. The van der Waals surface area contributed by atoms with E-state index in [9.17, 15) is 0 Å². The molecule has 0 spiro atoms. The van der Waals surface area contributed by atoms with Crippen LogP contribution in [0.4, 0.5) is 0 Å². The fourth-order valence-corrected chi connectivity index (χ4v) is 2.71. The average Bonchev–Trinajstić information content (AvgIpc) is 2.55. The molecule has 0 aromatic carbocycles. The molecule has 2 N–H and O–H groups in total. The zero-order valence-corrected chi connectivity index (χ0v) is 15.8. The largest absolute Gasteiger partial charge is 0.379 e. The van der Waals surface area contributed by atoms with Crippen LogP contribution in [0.1, 0.15) is 27.7 Å². The molecular formula is C17H37N5O. The van der Waals surface area contributed by atoms with E-state index in [-0.39, 0.29) is 0 Å². The molecule has 1 unspecified atom stereocenters. The van der Waals surface area contributed by atoms with E-state index in [4.69, 9.17) is 9.73 Å². The smallest absolute Gasteiger partial charge is 0.191 e. The van der Waals surface area contributed by atoms with Crippen LogP contribution in [-0.4, -0.2) is 87.9 Å². The Morgan fingerprint density at radius 1 is 1.22 bits per heavy atom. The van der Waals surface area contributed by atoms with Gasteiger partial charge in [-0.1, -0.05) is 20.8 Å². The summed E-state index contributed by atoms with van der Waals surface area (Å²) in [4.78, 5) is 9.64. The Kier molecular flexibility index (Phi) is 10.2. The molecule has 1 heterocycles. The quantitative estimate of drug-likeness (QED) is 0.486. The number of ether oxygens (including phenoxy) is 1. The molecule has 136 valence electrons. The lowest BCUT2D eigenvalue weighted by atomic mass is 10.0. The highest BCUT2D eigenvalue weighted by Gasteiger charge is 2.23. The van der Waals surface area contributed by atoms with Gasteiger partial charge in [-0.25, -0.2) is 0 Å². The van der Waals surface area contributed by atoms with E-state index >= 15 is 0 Å². The Hall–Kier alpha value is -0.850. The highest BCUT2D eigenvalue weighted by Crippen LogP contribution is 2.13.